The Hall–Kier alpha value is -2.49. The van der Waals surface area contributed by atoms with Crippen LogP contribution in [0.3, 0.4) is 0 Å². The minimum absolute atomic E-state index is 0.495. The van der Waals surface area contributed by atoms with Gasteiger partial charge in [0.1, 0.15) is 5.75 Å². The molecule has 0 saturated heterocycles. The first-order chi connectivity index (χ1) is 9.78. The first-order valence-corrected chi connectivity index (χ1v) is 6.66. The SMILES string of the molecule is CCCNc1ccc(OC(=O)Nc2ccccc2)cc1. The van der Waals surface area contributed by atoms with Crippen molar-refractivity contribution in [1.29, 1.82) is 0 Å². The molecule has 0 aliphatic heterocycles. The zero-order chi connectivity index (χ0) is 14.2. The third-order valence-corrected chi connectivity index (χ3v) is 2.66. The Morgan fingerprint density at radius 3 is 2.35 bits per heavy atom. The summed E-state index contributed by atoms with van der Waals surface area (Å²) in [5.41, 5.74) is 1.72. The highest BCUT2D eigenvalue weighted by atomic mass is 16.6. The van der Waals surface area contributed by atoms with E-state index in [2.05, 4.69) is 17.6 Å². The fourth-order valence-electron chi connectivity index (χ4n) is 1.68. The number of ether oxygens (including phenoxy) is 1. The van der Waals surface area contributed by atoms with Gasteiger partial charge in [0.25, 0.3) is 0 Å². The molecule has 0 spiro atoms. The summed E-state index contributed by atoms with van der Waals surface area (Å²) in [7, 11) is 0. The van der Waals surface area contributed by atoms with Gasteiger partial charge in [-0.1, -0.05) is 25.1 Å². The van der Waals surface area contributed by atoms with E-state index in [4.69, 9.17) is 4.74 Å². The van der Waals surface area contributed by atoms with Crippen molar-refractivity contribution in [2.45, 2.75) is 13.3 Å². The van der Waals surface area contributed by atoms with Crippen LogP contribution in [0.5, 0.6) is 5.75 Å². The van der Waals surface area contributed by atoms with Gasteiger partial charge in [0.2, 0.25) is 0 Å². The molecule has 0 unspecified atom stereocenters. The maximum absolute atomic E-state index is 11.7. The first kappa shape index (κ1) is 13.9. The number of para-hydroxylation sites is 1. The summed E-state index contributed by atoms with van der Waals surface area (Å²) in [6, 6.07) is 16.5. The van der Waals surface area contributed by atoms with E-state index in [-0.39, 0.29) is 0 Å². The lowest BCUT2D eigenvalue weighted by atomic mass is 10.3. The van der Waals surface area contributed by atoms with Gasteiger partial charge in [-0.2, -0.15) is 0 Å². The van der Waals surface area contributed by atoms with Crippen molar-refractivity contribution in [2.24, 2.45) is 0 Å². The second-order valence-corrected chi connectivity index (χ2v) is 4.33. The number of amides is 1. The fraction of sp³-hybridized carbons (Fsp3) is 0.188. The van der Waals surface area contributed by atoms with Gasteiger partial charge in [-0.05, 0) is 42.8 Å². The highest BCUT2D eigenvalue weighted by Crippen LogP contribution is 2.16. The Balaban J connectivity index is 1.88. The number of hydrogen-bond donors (Lipinski definition) is 2. The number of nitrogens with one attached hydrogen (secondary N) is 2. The summed E-state index contributed by atoms with van der Waals surface area (Å²) in [6.45, 7) is 3.03. The van der Waals surface area contributed by atoms with Crippen molar-refractivity contribution >= 4 is 17.5 Å². The van der Waals surface area contributed by atoms with E-state index in [0.717, 1.165) is 18.7 Å². The molecule has 0 aromatic heterocycles. The van der Waals surface area contributed by atoms with E-state index in [0.29, 0.717) is 11.4 Å². The first-order valence-electron chi connectivity index (χ1n) is 6.66. The largest absolute Gasteiger partial charge is 0.417 e. The van der Waals surface area contributed by atoms with Crippen LogP contribution in [-0.4, -0.2) is 12.6 Å². The van der Waals surface area contributed by atoms with E-state index >= 15 is 0 Å². The van der Waals surface area contributed by atoms with Gasteiger partial charge in [0.05, 0.1) is 0 Å². The molecule has 0 bridgehead atoms. The summed E-state index contributed by atoms with van der Waals surface area (Å²) in [6.07, 6.45) is 0.572. The number of hydrogen-bond acceptors (Lipinski definition) is 3. The number of carbonyl (C=O) groups is 1. The van der Waals surface area contributed by atoms with Crippen molar-refractivity contribution < 1.29 is 9.53 Å². The zero-order valence-electron chi connectivity index (χ0n) is 11.4. The smallest absolute Gasteiger partial charge is 0.410 e. The van der Waals surface area contributed by atoms with Crippen LogP contribution in [0.25, 0.3) is 0 Å². The van der Waals surface area contributed by atoms with Gasteiger partial charge in [-0.15, -0.1) is 0 Å². The quantitative estimate of drug-likeness (QED) is 0.859. The number of anilines is 2. The Kier molecular flexibility index (Phi) is 5.00. The average Bonchev–Trinajstić information content (AvgIpc) is 2.47. The highest BCUT2D eigenvalue weighted by Gasteiger charge is 2.04. The van der Waals surface area contributed by atoms with E-state index in [1.165, 1.54) is 0 Å². The Labute approximate surface area is 118 Å². The predicted molar refractivity (Wildman–Crippen MR) is 81.3 cm³/mol. The molecule has 0 heterocycles. The minimum Gasteiger partial charge on any atom is -0.410 e. The molecule has 2 aromatic carbocycles. The van der Waals surface area contributed by atoms with Crippen LogP contribution in [0, 0.1) is 0 Å². The summed E-state index contributed by atoms with van der Waals surface area (Å²) >= 11 is 0. The maximum atomic E-state index is 11.7. The second kappa shape index (κ2) is 7.19. The van der Waals surface area contributed by atoms with Crippen LogP contribution in [0.2, 0.25) is 0 Å². The molecule has 0 atom stereocenters. The molecule has 1 amide bonds. The molecule has 2 rings (SSSR count). The number of benzene rings is 2. The van der Waals surface area contributed by atoms with Crippen LogP contribution < -0.4 is 15.4 Å². The molecule has 0 saturated carbocycles. The minimum atomic E-state index is -0.495. The molecule has 2 N–H and O–H groups in total. The molecule has 0 fully saturated rings. The second-order valence-electron chi connectivity index (χ2n) is 4.33. The molecular weight excluding hydrogens is 252 g/mol. The molecule has 20 heavy (non-hydrogen) atoms. The third kappa shape index (κ3) is 4.31. The molecule has 0 aliphatic rings. The van der Waals surface area contributed by atoms with Gasteiger partial charge in [-0.3, -0.25) is 5.32 Å². The molecular formula is C16H18N2O2. The van der Waals surface area contributed by atoms with Crippen LogP contribution in [-0.2, 0) is 0 Å². The predicted octanol–water partition coefficient (Wildman–Crippen LogP) is 4.12. The summed E-state index contributed by atoms with van der Waals surface area (Å²) in [5.74, 6) is 0.514. The average molecular weight is 270 g/mol. The van der Waals surface area contributed by atoms with Gasteiger partial charge in [0.15, 0.2) is 0 Å². The Bertz CT molecular complexity index is 538. The van der Waals surface area contributed by atoms with Gasteiger partial charge in [-0.25, -0.2) is 4.79 Å². The van der Waals surface area contributed by atoms with Crippen LogP contribution in [0.15, 0.2) is 54.6 Å². The van der Waals surface area contributed by atoms with E-state index < -0.39 is 6.09 Å². The van der Waals surface area contributed by atoms with Crippen LogP contribution >= 0.6 is 0 Å². The lowest BCUT2D eigenvalue weighted by Gasteiger charge is -2.08. The van der Waals surface area contributed by atoms with Crippen molar-refractivity contribution in [3.05, 3.63) is 54.6 Å². The molecule has 2 aromatic rings. The molecule has 0 radical (unpaired) electrons. The molecule has 4 nitrogen and oxygen atoms in total. The van der Waals surface area contributed by atoms with E-state index in [9.17, 15) is 4.79 Å². The fourth-order valence-corrected chi connectivity index (χ4v) is 1.68. The monoisotopic (exact) mass is 270 g/mol. The normalized spacial score (nSPS) is 9.85. The standard InChI is InChI=1S/C16H18N2O2/c1-2-12-17-13-8-10-15(11-9-13)20-16(19)18-14-6-4-3-5-7-14/h3-11,17H,2,12H2,1H3,(H,18,19). The number of rotatable bonds is 5. The Morgan fingerprint density at radius 1 is 1.00 bits per heavy atom. The topological polar surface area (TPSA) is 50.4 Å². The van der Waals surface area contributed by atoms with E-state index in [1.54, 1.807) is 24.3 Å². The highest BCUT2D eigenvalue weighted by molar-refractivity contribution is 5.86. The van der Waals surface area contributed by atoms with Crippen LogP contribution in [0.1, 0.15) is 13.3 Å². The van der Waals surface area contributed by atoms with E-state index in [1.807, 2.05) is 30.3 Å². The van der Waals surface area contributed by atoms with Gasteiger partial charge < -0.3 is 10.1 Å². The third-order valence-electron chi connectivity index (χ3n) is 2.66. The zero-order valence-corrected chi connectivity index (χ0v) is 11.4. The van der Waals surface area contributed by atoms with Crippen molar-refractivity contribution in [3.63, 3.8) is 0 Å². The van der Waals surface area contributed by atoms with Gasteiger partial charge >= 0.3 is 6.09 Å². The van der Waals surface area contributed by atoms with Crippen molar-refractivity contribution in [2.75, 3.05) is 17.2 Å². The summed E-state index contributed by atoms with van der Waals surface area (Å²) < 4.78 is 5.20. The summed E-state index contributed by atoms with van der Waals surface area (Å²) in [5, 5.41) is 5.92. The lowest BCUT2D eigenvalue weighted by Crippen LogP contribution is -2.16. The van der Waals surface area contributed by atoms with Gasteiger partial charge in [0, 0.05) is 17.9 Å². The maximum Gasteiger partial charge on any atom is 0.417 e. The number of carbonyl (C=O) groups excluding carboxylic acids is 1. The van der Waals surface area contributed by atoms with Crippen molar-refractivity contribution in [3.8, 4) is 5.75 Å². The lowest BCUT2D eigenvalue weighted by molar-refractivity contribution is 0.215. The van der Waals surface area contributed by atoms with Crippen LogP contribution in [0.4, 0.5) is 16.2 Å². The molecule has 4 heteroatoms. The molecule has 0 aliphatic carbocycles. The molecule has 104 valence electrons. The summed E-state index contributed by atoms with van der Waals surface area (Å²) in [4.78, 5) is 11.7. The Morgan fingerprint density at radius 2 is 1.70 bits per heavy atom. The van der Waals surface area contributed by atoms with Crippen molar-refractivity contribution in [1.82, 2.24) is 0 Å².